The molecule has 4 aromatic carbocycles. The van der Waals surface area contributed by atoms with Crippen LogP contribution in [0, 0.1) is 5.82 Å². The van der Waals surface area contributed by atoms with Crippen LogP contribution in [-0.2, 0) is 32.6 Å². The fourth-order valence-electron chi connectivity index (χ4n) is 4.87. The van der Waals surface area contributed by atoms with Gasteiger partial charge in [0, 0.05) is 24.5 Å². The van der Waals surface area contributed by atoms with Crippen molar-refractivity contribution in [2.24, 2.45) is 0 Å². The number of carbonyl (C=O) groups excluding carboxylic acids is 2. The summed E-state index contributed by atoms with van der Waals surface area (Å²) >= 11 is 6.51. The standard InChI is InChI=1S/C35H37ClFN3O5S/c1-3-22-38-35(42)33(23-26-10-6-5-7-11-26)39(24-27-12-8-9-13-32(27)36)34(41)25-40(29-16-14-28(37)15-17-29)46(43,44)31-20-18-30(19-21-31)45-4-2/h5-21,33H,3-4,22-25H2,1-2H3,(H,38,42). The van der Waals surface area contributed by atoms with E-state index in [0.29, 0.717) is 35.9 Å². The van der Waals surface area contributed by atoms with Crippen LogP contribution >= 0.6 is 11.6 Å². The highest BCUT2D eigenvalue weighted by atomic mass is 35.5. The van der Waals surface area contributed by atoms with Gasteiger partial charge in [0.25, 0.3) is 10.0 Å². The maximum absolute atomic E-state index is 14.4. The molecule has 0 radical (unpaired) electrons. The van der Waals surface area contributed by atoms with E-state index in [1.807, 2.05) is 44.2 Å². The minimum atomic E-state index is -4.35. The van der Waals surface area contributed by atoms with E-state index in [2.05, 4.69) is 5.32 Å². The van der Waals surface area contributed by atoms with E-state index in [4.69, 9.17) is 16.3 Å². The van der Waals surface area contributed by atoms with E-state index in [0.717, 1.165) is 22.0 Å². The van der Waals surface area contributed by atoms with Crippen molar-refractivity contribution in [2.45, 2.75) is 44.2 Å². The van der Waals surface area contributed by atoms with Gasteiger partial charge in [0.2, 0.25) is 11.8 Å². The summed E-state index contributed by atoms with van der Waals surface area (Å²) in [4.78, 5) is 29.4. The van der Waals surface area contributed by atoms with Crippen LogP contribution in [0.1, 0.15) is 31.4 Å². The smallest absolute Gasteiger partial charge is 0.264 e. The monoisotopic (exact) mass is 665 g/mol. The molecule has 0 heterocycles. The number of rotatable bonds is 15. The number of anilines is 1. The van der Waals surface area contributed by atoms with Crippen LogP contribution < -0.4 is 14.4 Å². The van der Waals surface area contributed by atoms with E-state index in [1.54, 1.807) is 24.3 Å². The van der Waals surface area contributed by atoms with Crippen LogP contribution in [0.5, 0.6) is 5.75 Å². The molecule has 0 fully saturated rings. The quantitative estimate of drug-likeness (QED) is 0.162. The predicted octanol–water partition coefficient (Wildman–Crippen LogP) is 6.24. The van der Waals surface area contributed by atoms with Gasteiger partial charge in [0.05, 0.1) is 17.2 Å². The Balaban J connectivity index is 1.79. The molecule has 1 unspecified atom stereocenters. The number of amides is 2. The fraction of sp³-hybridized carbons (Fsp3) is 0.257. The topological polar surface area (TPSA) is 96.0 Å². The van der Waals surface area contributed by atoms with Gasteiger partial charge >= 0.3 is 0 Å². The number of carbonyl (C=O) groups is 2. The summed E-state index contributed by atoms with van der Waals surface area (Å²) in [6.07, 6.45) is 0.857. The highest BCUT2D eigenvalue weighted by Gasteiger charge is 2.35. The molecule has 1 atom stereocenters. The average molecular weight is 666 g/mol. The Morgan fingerprint density at radius 2 is 1.54 bits per heavy atom. The number of sulfonamides is 1. The molecule has 0 spiro atoms. The summed E-state index contributed by atoms with van der Waals surface area (Å²) < 4.78 is 48.6. The molecule has 4 aromatic rings. The molecule has 0 aliphatic heterocycles. The van der Waals surface area contributed by atoms with Gasteiger partial charge in [-0.15, -0.1) is 0 Å². The number of nitrogens with zero attached hydrogens (tertiary/aromatic N) is 2. The first kappa shape index (κ1) is 34.5. The van der Waals surface area contributed by atoms with E-state index in [-0.39, 0.29) is 29.5 Å². The summed E-state index contributed by atoms with van der Waals surface area (Å²) in [7, 11) is -4.35. The lowest BCUT2D eigenvalue weighted by atomic mass is 10.0. The molecule has 0 aromatic heterocycles. The highest BCUT2D eigenvalue weighted by molar-refractivity contribution is 7.92. The van der Waals surface area contributed by atoms with Gasteiger partial charge in [-0.25, -0.2) is 12.8 Å². The minimum Gasteiger partial charge on any atom is -0.494 e. The fourth-order valence-corrected chi connectivity index (χ4v) is 6.48. The molecule has 2 amide bonds. The molecular weight excluding hydrogens is 629 g/mol. The minimum absolute atomic E-state index is 0.0596. The lowest BCUT2D eigenvalue weighted by Gasteiger charge is -2.34. The van der Waals surface area contributed by atoms with Crippen LogP contribution in [-0.4, -0.2) is 50.9 Å². The van der Waals surface area contributed by atoms with Crippen LogP contribution in [0.15, 0.2) is 108 Å². The number of hydrogen-bond donors (Lipinski definition) is 1. The number of ether oxygens (including phenoxy) is 1. The first-order valence-electron chi connectivity index (χ1n) is 15.0. The molecule has 0 saturated heterocycles. The molecular formula is C35H37ClFN3O5S. The summed E-state index contributed by atoms with van der Waals surface area (Å²) in [5, 5.41) is 3.29. The number of benzene rings is 4. The van der Waals surface area contributed by atoms with Gasteiger partial charge in [-0.1, -0.05) is 67.1 Å². The second-order valence-electron chi connectivity index (χ2n) is 10.5. The van der Waals surface area contributed by atoms with Gasteiger partial charge in [0.1, 0.15) is 24.2 Å². The number of nitrogens with one attached hydrogen (secondary N) is 1. The first-order valence-corrected chi connectivity index (χ1v) is 16.8. The third-order valence-corrected chi connectivity index (χ3v) is 9.39. The first-order chi connectivity index (χ1) is 22.1. The molecule has 0 bridgehead atoms. The normalized spacial score (nSPS) is 11.8. The predicted molar refractivity (Wildman–Crippen MR) is 178 cm³/mol. The zero-order valence-corrected chi connectivity index (χ0v) is 27.3. The van der Waals surface area contributed by atoms with Crippen molar-refractivity contribution < 1.29 is 27.1 Å². The Kier molecular flexibility index (Phi) is 12.2. The molecule has 8 nitrogen and oxygen atoms in total. The number of halogens is 2. The Morgan fingerprint density at radius 3 is 2.17 bits per heavy atom. The van der Waals surface area contributed by atoms with Crippen molar-refractivity contribution in [2.75, 3.05) is 24.0 Å². The van der Waals surface area contributed by atoms with Gasteiger partial charge in [-0.3, -0.25) is 13.9 Å². The molecule has 242 valence electrons. The average Bonchev–Trinajstić information content (AvgIpc) is 3.06. The van der Waals surface area contributed by atoms with Gasteiger partial charge in [0.15, 0.2) is 0 Å². The lowest BCUT2D eigenvalue weighted by molar-refractivity contribution is -0.140. The molecule has 46 heavy (non-hydrogen) atoms. The Bertz CT molecular complexity index is 1700. The summed E-state index contributed by atoms with van der Waals surface area (Å²) in [5.74, 6) is -1.11. The molecule has 11 heteroatoms. The summed E-state index contributed by atoms with van der Waals surface area (Å²) in [6, 6.07) is 25.9. The number of hydrogen-bond acceptors (Lipinski definition) is 5. The summed E-state index contributed by atoms with van der Waals surface area (Å²) in [6.45, 7) is 3.81. The van der Waals surface area contributed by atoms with Crippen molar-refractivity contribution in [1.29, 1.82) is 0 Å². The van der Waals surface area contributed by atoms with Crippen LogP contribution in [0.4, 0.5) is 10.1 Å². The van der Waals surface area contributed by atoms with Crippen molar-refractivity contribution in [3.8, 4) is 5.75 Å². The Morgan fingerprint density at radius 1 is 0.891 bits per heavy atom. The Labute approximate surface area is 274 Å². The van der Waals surface area contributed by atoms with Crippen molar-refractivity contribution in [3.05, 3.63) is 125 Å². The Hall–Kier alpha value is -4.41. The lowest BCUT2D eigenvalue weighted by Crippen LogP contribution is -2.53. The van der Waals surface area contributed by atoms with Gasteiger partial charge < -0.3 is 15.0 Å². The highest BCUT2D eigenvalue weighted by Crippen LogP contribution is 2.27. The molecule has 0 saturated carbocycles. The zero-order valence-electron chi connectivity index (χ0n) is 25.7. The molecule has 4 rings (SSSR count). The van der Waals surface area contributed by atoms with Crippen LogP contribution in [0.2, 0.25) is 5.02 Å². The zero-order chi connectivity index (χ0) is 33.1. The second-order valence-corrected chi connectivity index (χ2v) is 12.8. The van der Waals surface area contributed by atoms with E-state index in [9.17, 15) is 22.4 Å². The SMILES string of the molecule is CCCNC(=O)C(Cc1ccccc1)N(Cc1ccccc1Cl)C(=O)CN(c1ccc(F)cc1)S(=O)(=O)c1ccc(OCC)cc1. The molecule has 0 aliphatic carbocycles. The van der Waals surface area contributed by atoms with Gasteiger partial charge in [-0.05, 0) is 79.1 Å². The summed E-state index contributed by atoms with van der Waals surface area (Å²) in [5.41, 5.74) is 1.48. The van der Waals surface area contributed by atoms with Crippen molar-refractivity contribution in [3.63, 3.8) is 0 Å². The third-order valence-electron chi connectivity index (χ3n) is 7.24. The van der Waals surface area contributed by atoms with Crippen LogP contribution in [0.3, 0.4) is 0 Å². The van der Waals surface area contributed by atoms with Crippen molar-refractivity contribution >= 4 is 39.1 Å². The maximum atomic E-state index is 14.4. The largest absolute Gasteiger partial charge is 0.494 e. The van der Waals surface area contributed by atoms with Crippen LogP contribution in [0.25, 0.3) is 0 Å². The van der Waals surface area contributed by atoms with Crippen molar-refractivity contribution in [1.82, 2.24) is 10.2 Å². The van der Waals surface area contributed by atoms with E-state index >= 15 is 0 Å². The third kappa shape index (κ3) is 8.86. The van der Waals surface area contributed by atoms with Gasteiger partial charge in [-0.2, -0.15) is 0 Å². The van der Waals surface area contributed by atoms with E-state index < -0.39 is 34.3 Å². The second kappa shape index (κ2) is 16.2. The molecule has 1 N–H and O–H groups in total. The molecule has 0 aliphatic rings. The van der Waals surface area contributed by atoms with E-state index in [1.165, 1.54) is 41.3 Å². The maximum Gasteiger partial charge on any atom is 0.264 e.